The van der Waals surface area contributed by atoms with E-state index in [-0.39, 0.29) is 22.4 Å². The van der Waals surface area contributed by atoms with E-state index in [0.29, 0.717) is 26.4 Å². The van der Waals surface area contributed by atoms with Crippen molar-refractivity contribution < 1.29 is 23.7 Å². The molecule has 0 aromatic rings. The highest BCUT2D eigenvalue weighted by Gasteiger charge is 2.44. The van der Waals surface area contributed by atoms with Gasteiger partial charge in [0.25, 0.3) is 0 Å². The minimum Gasteiger partial charge on any atom is -0.373 e. The van der Waals surface area contributed by atoms with E-state index in [9.17, 15) is 0 Å². The van der Waals surface area contributed by atoms with Crippen LogP contribution in [0.4, 0.5) is 0 Å². The summed E-state index contributed by atoms with van der Waals surface area (Å²) >= 11 is 0. The van der Waals surface area contributed by atoms with Gasteiger partial charge < -0.3 is 23.7 Å². The van der Waals surface area contributed by atoms with Crippen LogP contribution in [0.2, 0.25) is 0 Å². The van der Waals surface area contributed by atoms with E-state index in [2.05, 4.69) is 96.9 Å². The highest BCUT2D eigenvalue weighted by atomic mass is 16.6. The first kappa shape index (κ1) is 30.8. The fourth-order valence-corrected chi connectivity index (χ4v) is 2.61. The maximum absolute atomic E-state index is 7.01. The molecule has 0 bridgehead atoms. The van der Waals surface area contributed by atoms with Crippen molar-refractivity contribution in [2.45, 2.75) is 143 Å². The lowest BCUT2D eigenvalue weighted by atomic mass is 9.95. The lowest BCUT2D eigenvalue weighted by Crippen LogP contribution is -2.56. The number of rotatable bonds is 12. The molecule has 0 saturated carbocycles. The second kappa shape index (κ2) is 11.3. The molecular weight excluding hydrogens is 392 g/mol. The summed E-state index contributed by atoms with van der Waals surface area (Å²) < 4.78 is 32.0. The van der Waals surface area contributed by atoms with E-state index in [1.165, 1.54) is 0 Å². The summed E-state index contributed by atoms with van der Waals surface area (Å²) in [6.45, 7) is 30.8. The standard InChI is InChI=1S/C26H54O5/c1-15-25(17-27-21(3,4)5,18-28-22(6,7)8)31-26(16-2,19-29-23(9,10)11)20-30-24(12,13)14/h15-20H2,1-14H3. The molecule has 0 aromatic carbocycles. The van der Waals surface area contributed by atoms with Crippen LogP contribution in [0.15, 0.2) is 0 Å². The number of ether oxygens (including phenoxy) is 5. The van der Waals surface area contributed by atoms with Gasteiger partial charge in [-0.15, -0.1) is 0 Å². The Morgan fingerprint density at radius 3 is 0.710 bits per heavy atom. The monoisotopic (exact) mass is 446 g/mol. The smallest absolute Gasteiger partial charge is 0.115 e. The lowest BCUT2D eigenvalue weighted by molar-refractivity contribution is -0.265. The van der Waals surface area contributed by atoms with Crippen LogP contribution in [0.3, 0.4) is 0 Å². The molecule has 0 saturated heterocycles. The predicted molar refractivity (Wildman–Crippen MR) is 130 cm³/mol. The molecule has 0 aliphatic rings. The fourth-order valence-electron chi connectivity index (χ4n) is 2.61. The Balaban J connectivity index is 6.02. The summed E-state index contributed by atoms with van der Waals surface area (Å²) in [5.74, 6) is 0. The van der Waals surface area contributed by atoms with Crippen LogP contribution < -0.4 is 0 Å². The number of hydrogen-bond acceptors (Lipinski definition) is 5. The van der Waals surface area contributed by atoms with E-state index < -0.39 is 11.2 Å². The molecule has 0 rings (SSSR count). The van der Waals surface area contributed by atoms with Crippen molar-refractivity contribution in [1.29, 1.82) is 0 Å². The van der Waals surface area contributed by atoms with Gasteiger partial charge >= 0.3 is 0 Å². The molecule has 0 heterocycles. The minimum absolute atomic E-state index is 0.274. The summed E-state index contributed by atoms with van der Waals surface area (Å²) in [4.78, 5) is 0. The Bertz CT molecular complexity index is 418. The van der Waals surface area contributed by atoms with E-state index in [4.69, 9.17) is 23.7 Å². The first-order chi connectivity index (χ1) is 13.7. The van der Waals surface area contributed by atoms with Gasteiger partial charge in [-0.1, -0.05) is 13.8 Å². The second-order valence-electron chi connectivity index (χ2n) is 12.8. The SMILES string of the molecule is CCC(COC(C)(C)C)(COC(C)(C)C)OC(CC)(COC(C)(C)C)COC(C)(C)C. The third-order valence-corrected chi connectivity index (χ3v) is 4.79. The highest BCUT2D eigenvalue weighted by Crippen LogP contribution is 2.33. The van der Waals surface area contributed by atoms with Crippen molar-refractivity contribution in [1.82, 2.24) is 0 Å². The Kier molecular flexibility index (Phi) is 11.2. The Hall–Kier alpha value is -0.200. The minimum atomic E-state index is -0.612. The van der Waals surface area contributed by atoms with Crippen molar-refractivity contribution in [2.24, 2.45) is 0 Å². The van der Waals surface area contributed by atoms with Crippen LogP contribution >= 0.6 is 0 Å². The second-order valence-corrected chi connectivity index (χ2v) is 12.8. The van der Waals surface area contributed by atoms with E-state index in [0.717, 1.165) is 12.8 Å². The molecule has 0 aliphatic heterocycles. The average molecular weight is 447 g/mol. The fraction of sp³-hybridized carbons (Fsp3) is 1.00. The average Bonchev–Trinajstić information content (AvgIpc) is 2.57. The molecule has 0 unspecified atom stereocenters. The maximum Gasteiger partial charge on any atom is 0.115 e. The van der Waals surface area contributed by atoms with Crippen LogP contribution in [0, 0.1) is 0 Å². The first-order valence-corrected chi connectivity index (χ1v) is 11.9. The topological polar surface area (TPSA) is 46.2 Å². The van der Waals surface area contributed by atoms with Crippen LogP contribution in [-0.2, 0) is 23.7 Å². The Labute approximate surface area is 193 Å². The van der Waals surface area contributed by atoms with Crippen molar-refractivity contribution in [3.63, 3.8) is 0 Å². The molecular formula is C26H54O5. The summed E-state index contributed by atoms with van der Waals surface area (Å²) in [5.41, 5.74) is -2.32. The zero-order valence-electron chi connectivity index (χ0n) is 23.3. The summed E-state index contributed by atoms with van der Waals surface area (Å²) in [5, 5.41) is 0. The van der Waals surface area contributed by atoms with Crippen molar-refractivity contribution >= 4 is 0 Å². The summed E-state index contributed by atoms with van der Waals surface area (Å²) in [6, 6.07) is 0. The van der Waals surface area contributed by atoms with Crippen LogP contribution in [0.5, 0.6) is 0 Å². The summed E-state index contributed by atoms with van der Waals surface area (Å²) in [7, 11) is 0. The molecule has 0 N–H and O–H groups in total. The molecule has 0 amide bonds. The molecule has 188 valence electrons. The first-order valence-electron chi connectivity index (χ1n) is 11.9. The summed E-state index contributed by atoms with van der Waals surface area (Å²) in [6.07, 6.45) is 1.51. The molecule has 0 spiro atoms. The largest absolute Gasteiger partial charge is 0.373 e. The van der Waals surface area contributed by atoms with Gasteiger partial charge in [0.15, 0.2) is 0 Å². The van der Waals surface area contributed by atoms with Gasteiger partial charge in [-0.05, 0) is 95.9 Å². The van der Waals surface area contributed by atoms with Gasteiger partial charge in [0, 0.05) is 0 Å². The molecule has 5 heteroatoms. The van der Waals surface area contributed by atoms with Gasteiger partial charge in [-0.3, -0.25) is 0 Å². The predicted octanol–water partition coefficient (Wildman–Crippen LogP) is 6.56. The molecule has 5 nitrogen and oxygen atoms in total. The molecule has 0 aromatic heterocycles. The van der Waals surface area contributed by atoms with E-state index >= 15 is 0 Å². The van der Waals surface area contributed by atoms with Crippen molar-refractivity contribution in [3.8, 4) is 0 Å². The molecule has 0 atom stereocenters. The van der Waals surface area contributed by atoms with Crippen LogP contribution in [0.1, 0.15) is 110 Å². The van der Waals surface area contributed by atoms with Gasteiger partial charge in [-0.25, -0.2) is 0 Å². The normalized spacial score (nSPS) is 14.9. The Morgan fingerprint density at radius 1 is 0.387 bits per heavy atom. The van der Waals surface area contributed by atoms with Crippen molar-refractivity contribution in [2.75, 3.05) is 26.4 Å². The highest BCUT2D eigenvalue weighted by molar-refractivity contribution is 4.91. The van der Waals surface area contributed by atoms with E-state index in [1.807, 2.05) is 0 Å². The zero-order valence-corrected chi connectivity index (χ0v) is 23.3. The van der Waals surface area contributed by atoms with Gasteiger partial charge in [0.1, 0.15) is 11.2 Å². The number of hydrogen-bond donors (Lipinski definition) is 0. The quantitative estimate of drug-likeness (QED) is 0.340. The zero-order chi connectivity index (χ0) is 24.8. The Morgan fingerprint density at radius 2 is 0.581 bits per heavy atom. The maximum atomic E-state index is 7.01. The van der Waals surface area contributed by atoms with Crippen LogP contribution in [-0.4, -0.2) is 60.0 Å². The molecule has 0 radical (unpaired) electrons. The van der Waals surface area contributed by atoms with Gasteiger partial charge in [-0.2, -0.15) is 0 Å². The molecule has 0 fully saturated rings. The third kappa shape index (κ3) is 14.5. The van der Waals surface area contributed by atoms with E-state index in [1.54, 1.807) is 0 Å². The van der Waals surface area contributed by atoms with Gasteiger partial charge in [0.05, 0.1) is 48.8 Å². The molecule has 31 heavy (non-hydrogen) atoms. The van der Waals surface area contributed by atoms with Gasteiger partial charge in [0.2, 0.25) is 0 Å². The van der Waals surface area contributed by atoms with Crippen molar-refractivity contribution in [3.05, 3.63) is 0 Å². The third-order valence-electron chi connectivity index (χ3n) is 4.79. The molecule has 0 aliphatic carbocycles. The lowest BCUT2D eigenvalue weighted by Gasteiger charge is -2.46. The van der Waals surface area contributed by atoms with Crippen LogP contribution in [0.25, 0.3) is 0 Å².